The Labute approximate surface area is 210 Å². The first kappa shape index (κ1) is 28.3. The fraction of sp³-hybridized carbons (Fsp3) is 0.296. The van der Waals surface area contributed by atoms with Crippen LogP contribution in [-0.2, 0) is 14.4 Å². The number of rotatable bonds is 14. The van der Waals surface area contributed by atoms with Crippen LogP contribution in [0.15, 0.2) is 48.6 Å². The van der Waals surface area contributed by atoms with E-state index >= 15 is 0 Å². The number of benzene rings is 2. The highest BCUT2D eigenvalue weighted by Gasteiger charge is 2.18. The molecule has 1 atom stereocenters. The number of hydrogen-bond donors (Lipinski definition) is 3. The minimum atomic E-state index is -0.763. The van der Waals surface area contributed by atoms with Gasteiger partial charge in [-0.3, -0.25) is 9.59 Å². The minimum Gasteiger partial charge on any atom is -0.504 e. The van der Waals surface area contributed by atoms with E-state index in [1.807, 2.05) is 0 Å². The number of phenolic OH excluding ortho intramolecular Hbond substituents is 1. The molecule has 0 spiro atoms. The van der Waals surface area contributed by atoms with Crippen LogP contribution in [0.3, 0.4) is 0 Å². The Bertz CT molecular complexity index is 1130. The predicted molar refractivity (Wildman–Crippen MR) is 137 cm³/mol. The van der Waals surface area contributed by atoms with E-state index in [-0.39, 0.29) is 35.2 Å². The average Bonchev–Trinajstić information content (AvgIpc) is 2.87. The molecule has 0 saturated carbocycles. The van der Waals surface area contributed by atoms with Crippen LogP contribution in [0.4, 0.5) is 0 Å². The van der Waals surface area contributed by atoms with Crippen LogP contribution in [0, 0.1) is 0 Å². The van der Waals surface area contributed by atoms with Crippen molar-refractivity contribution in [1.82, 2.24) is 0 Å². The third-order valence-electron chi connectivity index (χ3n) is 5.15. The molecule has 1 unspecified atom stereocenters. The molecule has 0 bridgehead atoms. The van der Waals surface area contributed by atoms with Crippen molar-refractivity contribution in [3.63, 3.8) is 0 Å². The van der Waals surface area contributed by atoms with Gasteiger partial charge in [-0.25, -0.2) is 4.79 Å². The van der Waals surface area contributed by atoms with Crippen molar-refractivity contribution in [1.29, 1.82) is 0 Å². The van der Waals surface area contributed by atoms with E-state index in [1.165, 1.54) is 44.6 Å². The second-order valence-electron chi connectivity index (χ2n) is 7.93. The Balaban J connectivity index is 1.95. The van der Waals surface area contributed by atoms with Crippen LogP contribution in [0.2, 0.25) is 0 Å². The average molecular weight is 497 g/mol. The molecule has 0 heterocycles. The molecule has 2 rings (SSSR count). The van der Waals surface area contributed by atoms with E-state index in [0.29, 0.717) is 29.8 Å². The number of carbonyl (C=O) groups excluding carboxylic acids is 3. The lowest BCUT2D eigenvalue weighted by Gasteiger charge is -2.13. The quantitative estimate of drug-likeness (QED) is 0.118. The first-order chi connectivity index (χ1) is 17.3. The highest BCUT2D eigenvalue weighted by atomic mass is 16.6. The number of methoxy groups -OCH3 is 2. The maximum absolute atomic E-state index is 12.2. The van der Waals surface area contributed by atoms with E-state index < -0.39 is 12.0 Å². The smallest absolute Gasteiger partial charge is 0.328 e. The molecule has 2 aromatic carbocycles. The first-order valence-corrected chi connectivity index (χ1v) is 11.4. The van der Waals surface area contributed by atoms with Gasteiger partial charge in [0.25, 0.3) is 0 Å². The molecule has 0 aliphatic rings. The summed E-state index contributed by atoms with van der Waals surface area (Å²) < 4.78 is 15.7. The van der Waals surface area contributed by atoms with Crippen molar-refractivity contribution in [2.45, 2.75) is 31.7 Å². The molecule has 0 amide bonds. The van der Waals surface area contributed by atoms with E-state index in [1.54, 1.807) is 30.3 Å². The number of esters is 1. The zero-order valence-electron chi connectivity index (χ0n) is 20.4. The molecule has 0 saturated heterocycles. The van der Waals surface area contributed by atoms with Gasteiger partial charge in [0.1, 0.15) is 6.04 Å². The van der Waals surface area contributed by atoms with Gasteiger partial charge in [-0.05, 0) is 66.9 Å². The summed E-state index contributed by atoms with van der Waals surface area (Å²) in [5, 5.41) is 9.62. The molecule has 0 aromatic heterocycles. The Hall–Kier alpha value is -3.95. The van der Waals surface area contributed by atoms with Crippen LogP contribution in [0.1, 0.15) is 36.8 Å². The van der Waals surface area contributed by atoms with Crippen molar-refractivity contribution in [3.05, 3.63) is 59.7 Å². The topological polar surface area (TPSA) is 151 Å². The summed E-state index contributed by atoms with van der Waals surface area (Å²) >= 11 is 0. The van der Waals surface area contributed by atoms with Crippen molar-refractivity contribution in [2.24, 2.45) is 11.5 Å². The maximum Gasteiger partial charge on any atom is 0.328 e. The van der Waals surface area contributed by atoms with Crippen LogP contribution < -0.4 is 25.7 Å². The van der Waals surface area contributed by atoms with Gasteiger partial charge < -0.3 is 30.8 Å². The third-order valence-corrected chi connectivity index (χ3v) is 5.15. The van der Waals surface area contributed by atoms with Crippen molar-refractivity contribution < 1.29 is 33.7 Å². The number of nitrogens with two attached hydrogens (primary N) is 2. The van der Waals surface area contributed by atoms with E-state index in [4.69, 9.17) is 25.7 Å². The van der Waals surface area contributed by atoms with Crippen molar-refractivity contribution in [2.75, 3.05) is 20.8 Å². The van der Waals surface area contributed by atoms with Crippen molar-refractivity contribution in [3.8, 4) is 23.0 Å². The number of ether oxygens (including phenoxy) is 3. The second kappa shape index (κ2) is 14.4. The highest BCUT2D eigenvalue weighted by Crippen LogP contribution is 2.29. The second-order valence-corrected chi connectivity index (χ2v) is 7.93. The van der Waals surface area contributed by atoms with Gasteiger partial charge in [0, 0.05) is 0 Å². The monoisotopic (exact) mass is 496 g/mol. The van der Waals surface area contributed by atoms with E-state index in [2.05, 4.69) is 0 Å². The molecule has 192 valence electrons. The van der Waals surface area contributed by atoms with E-state index in [0.717, 1.165) is 12.8 Å². The number of carbonyl (C=O) groups is 3. The van der Waals surface area contributed by atoms with Gasteiger partial charge in [-0.1, -0.05) is 30.7 Å². The molecule has 0 fully saturated rings. The number of aromatic hydroxyl groups is 1. The summed E-state index contributed by atoms with van der Waals surface area (Å²) in [5.74, 6) is -0.538. The van der Waals surface area contributed by atoms with Gasteiger partial charge in [0.05, 0.1) is 20.6 Å². The van der Waals surface area contributed by atoms with Crippen LogP contribution >= 0.6 is 0 Å². The SMILES string of the molecule is COc1cc(/C=C/C(=O)CC(=O)/C=C/c2ccc(OC(=O)C(N)CCCCN)c(OC)c2)ccc1O. The van der Waals surface area contributed by atoms with Crippen molar-refractivity contribution >= 4 is 29.7 Å². The number of unbranched alkanes of at least 4 members (excludes halogenated alkanes) is 1. The summed E-state index contributed by atoms with van der Waals surface area (Å²) in [6.45, 7) is 0.535. The predicted octanol–water partition coefficient (Wildman–Crippen LogP) is 3.03. The lowest BCUT2D eigenvalue weighted by molar-refractivity contribution is -0.136. The molecule has 9 nitrogen and oxygen atoms in total. The standard InChI is InChI=1S/C27H32N2O7/c1-34-25-15-18(8-12-23(25)32)6-10-20(30)17-21(31)11-7-19-9-13-24(26(16-19)35-2)36-27(33)22(29)5-3-4-14-28/h6-13,15-16,22,32H,3-5,14,17,28-29H2,1-2H3/b10-6+,11-7+. The van der Waals surface area contributed by atoms with Gasteiger partial charge in [-0.15, -0.1) is 0 Å². The number of ketones is 2. The summed E-state index contributed by atoms with van der Waals surface area (Å²) in [7, 11) is 2.86. The molecule has 2 aromatic rings. The van der Waals surface area contributed by atoms with Gasteiger partial charge in [-0.2, -0.15) is 0 Å². The molecule has 0 radical (unpaired) electrons. The van der Waals surface area contributed by atoms with Gasteiger partial charge in [0.15, 0.2) is 34.6 Å². The Morgan fingerprint density at radius 1 is 0.889 bits per heavy atom. The van der Waals surface area contributed by atoms with Gasteiger partial charge >= 0.3 is 5.97 Å². The van der Waals surface area contributed by atoms with Gasteiger partial charge in [0.2, 0.25) is 0 Å². The first-order valence-electron chi connectivity index (χ1n) is 11.4. The number of phenols is 1. The lowest BCUT2D eigenvalue weighted by Crippen LogP contribution is -2.34. The Morgan fingerprint density at radius 3 is 2.06 bits per heavy atom. The highest BCUT2D eigenvalue weighted by molar-refractivity contribution is 6.10. The molecule has 0 aliphatic carbocycles. The summed E-state index contributed by atoms with van der Waals surface area (Å²) in [4.78, 5) is 36.6. The molecule has 0 aliphatic heterocycles. The number of hydrogen-bond acceptors (Lipinski definition) is 9. The summed E-state index contributed by atoms with van der Waals surface area (Å²) in [5.41, 5.74) is 12.6. The largest absolute Gasteiger partial charge is 0.504 e. The van der Waals surface area contributed by atoms with Crippen LogP contribution in [-0.4, -0.2) is 49.4 Å². The Kier molecular flexibility index (Phi) is 11.4. The molecule has 36 heavy (non-hydrogen) atoms. The fourth-order valence-corrected chi connectivity index (χ4v) is 3.15. The minimum absolute atomic E-state index is 0.00832. The fourth-order valence-electron chi connectivity index (χ4n) is 3.15. The molecular formula is C27H32N2O7. The maximum atomic E-state index is 12.2. The van der Waals surface area contributed by atoms with E-state index in [9.17, 15) is 19.5 Å². The third kappa shape index (κ3) is 9.01. The van der Waals surface area contributed by atoms with Crippen LogP contribution in [0.25, 0.3) is 12.2 Å². The molecule has 9 heteroatoms. The zero-order valence-corrected chi connectivity index (χ0v) is 20.4. The lowest BCUT2D eigenvalue weighted by atomic mass is 10.1. The molecular weight excluding hydrogens is 464 g/mol. The number of allylic oxidation sites excluding steroid dienone is 2. The summed E-state index contributed by atoms with van der Waals surface area (Å²) in [6.07, 6.45) is 7.33. The molecule has 5 N–H and O–H groups in total. The Morgan fingerprint density at radius 2 is 1.47 bits per heavy atom. The van der Waals surface area contributed by atoms with Crippen LogP contribution in [0.5, 0.6) is 23.0 Å². The summed E-state index contributed by atoms with van der Waals surface area (Å²) in [6, 6.07) is 8.68. The normalized spacial score (nSPS) is 12.0. The zero-order chi connectivity index (χ0) is 26.5.